The molecule has 2 rings (SSSR count). The lowest BCUT2D eigenvalue weighted by Gasteiger charge is -2.27. The molecule has 1 atom stereocenters. The molecule has 1 fully saturated rings. The van der Waals surface area contributed by atoms with Crippen LogP contribution in [0.2, 0.25) is 0 Å². The fourth-order valence-corrected chi connectivity index (χ4v) is 2.80. The average Bonchev–Trinajstić information content (AvgIpc) is 2.54. The molecule has 8 heteroatoms. The number of ether oxygens (including phenoxy) is 1. The van der Waals surface area contributed by atoms with Crippen molar-refractivity contribution in [3.63, 3.8) is 0 Å². The van der Waals surface area contributed by atoms with Crippen LogP contribution in [0.1, 0.15) is 28.8 Å². The van der Waals surface area contributed by atoms with Crippen LogP contribution in [-0.4, -0.2) is 36.7 Å². The molecule has 2 N–H and O–H groups in total. The minimum atomic E-state index is -4.65. The Morgan fingerprint density at radius 3 is 2.46 bits per heavy atom. The minimum Gasteiger partial charge on any atom is -0.481 e. The number of halogens is 3. The summed E-state index contributed by atoms with van der Waals surface area (Å²) >= 11 is 0. The molecule has 1 saturated heterocycles. The standard InChI is InChI=1S/C16H18F3NO4/c17-16(18,19)13-4-2-1-3-11(13)14(21)20-9-12(15(22)23)10-5-7-24-8-6-10/h1-4,10,12H,5-9H2,(H,20,21)(H,22,23). The third-order valence-corrected chi connectivity index (χ3v) is 4.11. The van der Waals surface area contributed by atoms with E-state index in [2.05, 4.69) is 5.32 Å². The average molecular weight is 345 g/mol. The van der Waals surface area contributed by atoms with Gasteiger partial charge in [-0.15, -0.1) is 0 Å². The van der Waals surface area contributed by atoms with Crippen molar-refractivity contribution in [3.8, 4) is 0 Å². The summed E-state index contributed by atoms with van der Waals surface area (Å²) in [6.45, 7) is 0.670. The number of nitrogens with one attached hydrogen (secondary N) is 1. The molecule has 5 nitrogen and oxygen atoms in total. The Morgan fingerprint density at radius 1 is 1.25 bits per heavy atom. The summed E-state index contributed by atoms with van der Waals surface area (Å²) < 4.78 is 44.0. The highest BCUT2D eigenvalue weighted by atomic mass is 19.4. The van der Waals surface area contributed by atoms with Crippen LogP contribution in [-0.2, 0) is 15.7 Å². The SMILES string of the molecule is O=C(NCC(C(=O)O)C1CCOCC1)c1ccccc1C(F)(F)F. The van der Waals surface area contributed by atoms with E-state index in [1.807, 2.05) is 0 Å². The van der Waals surface area contributed by atoms with Crippen molar-refractivity contribution < 1.29 is 32.6 Å². The van der Waals surface area contributed by atoms with Gasteiger partial charge in [0.25, 0.3) is 5.91 Å². The first-order valence-corrected chi connectivity index (χ1v) is 7.55. The molecule has 132 valence electrons. The zero-order valence-corrected chi connectivity index (χ0v) is 12.8. The van der Waals surface area contributed by atoms with Gasteiger partial charge in [-0.2, -0.15) is 13.2 Å². The van der Waals surface area contributed by atoms with Gasteiger partial charge >= 0.3 is 12.1 Å². The van der Waals surface area contributed by atoms with Crippen molar-refractivity contribution in [2.45, 2.75) is 19.0 Å². The van der Waals surface area contributed by atoms with Crippen LogP contribution in [0.3, 0.4) is 0 Å². The van der Waals surface area contributed by atoms with Crippen LogP contribution in [0.15, 0.2) is 24.3 Å². The third-order valence-electron chi connectivity index (χ3n) is 4.11. The molecule has 0 aromatic heterocycles. The van der Waals surface area contributed by atoms with Gasteiger partial charge in [-0.25, -0.2) is 0 Å². The summed E-state index contributed by atoms with van der Waals surface area (Å²) in [6, 6.07) is 4.42. The molecular weight excluding hydrogens is 327 g/mol. The Labute approximate surface area is 136 Å². The fraction of sp³-hybridized carbons (Fsp3) is 0.500. The van der Waals surface area contributed by atoms with Crippen LogP contribution < -0.4 is 5.32 Å². The summed E-state index contributed by atoms with van der Waals surface area (Å²) in [4.78, 5) is 23.5. The molecular formula is C16H18F3NO4. The topological polar surface area (TPSA) is 75.6 Å². The van der Waals surface area contributed by atoms with Gasteiger partial charge in [0.05, 0.1) is 17.0 Å². The quantitative estimate of drug-likeness (QED) is 0.860. The van der Waals surface area contributed by atoms with Gasteiger partial charge in [0, 0.05) is 19.8 Å². The lowest BCUT2D eigenvalue weighted by atomic mass is 9.86. The van der Waals surface area contributed by atoms with Gasteiger partial charge in [-0.3, -0.25) is 9.59 Å². The molecule has 0 aliphatic carbocycles. The molecule has 1 heterocycles. The van der Waals surface area contributed by atoms with Crippen molar-refractivity contribution in [1.29, 1.82) is 0 Å². The van der Waals surface area contributed by atoms with Crippen LogP contribution in [0, 0.1) is 11.8 Å². The largest absolute Gasteiger partial charge is 0.481 e. The Hall–Kier alpha value is -2.09. The molecule has 1 aromatic carbocycles. The van der Waals surface area contributed by atoms with Gasteiger partial charge in [0.2, 0.25) is 0 Å². The predicted molar refractivity (Wildman–Crippen MR) is 78.4 cm³/mol. The van der Waals surface area contributed by atoms with Crippen LogP contribution in [0.5, 0.6) is 0 Å². The summed E-state index contributed by atoms with van der Waals surface area (Å²) in [5.74, 6) is -3.03. The monoisotopic (exact) mass is 345 g/mol. The Kier molecular flexibility index (Phi) is 5.82. The number of rotatable bonds is 5. The number of benzene rings is 1. The second-order valence-electron chi connectivity index (χ2n) is 5.65. The van der Waals surface area contributed by atoms with E-state index >= 15 is 0 Å². The fourth-order valence-electron chi connectivity index (χ4n) is 2.80. The molecule has 24 heavy (non-hydrogen) atoms. The first kappa shape index (κ1) is 18.3. The maximum Gasteiger partial charge on any atom is 0.417 e. The molecule has 1 amide bonds. The third kappa shape index (κ3) is 4.47. The van der Waals surface area contributed by atoms with E-state index in [-0.39, 0.29) is 12.5 Å². The number of aliphatic carboxylic acids is 1. The van der Waals surface area contributed by atoms with Crippen molar-refractivity contribution in [2.75, 3.05) is 19.8 Å². The lowest BCUT2D eigenvalue weighted by molar-refractivity contribution is -0.144. The number of carboxylic acid groups (broad SMARTS) is 1. The number of carboxylic acids is 1. The number of alkyl halides is 3. The van der Waals surface area contributed by atoms with Crippen molar-refractivity contribution in [3.05, 3.63) is 35.4 Å². The van der Waals surface area contributed by atoms with Crippen LogP contribution in [0.4, 0.5) is 13.2 Å². The van der Waals surface area contributed by atoms with Gasteiger partial charge < -0.3 is 15.2 Å². The van der Waals surface area contributed by atoms with Gasteiger partial charge in [0.15, 0.2) is 0 Å². The summed E-state index contributed by atoms with van der Waals surface area (Å²) in [5.41, 5.74) is -1.55. The summed E-state index contributed by atoms with van der Waals surface area (Å²) in [7, 11) is 0. The number of amides is 1. The number of hydrogen-bond acceptors (Lipinski definition) is 3. The Balaban J connectivity index is 2.07. The lowest BCUT2D eigenvalue weighted by Crippen LogP contribution is -2.39. The first-order chi connectivity index (χ1) is 11.3. The Morgan fingerprint density at radius 2 is 1.88 bits per heavy atom. The maximum absolute atomic E-state index is 12.9. The second-order valence-corrected chi connectivity index (χ2v) is 5.65. The van der Waals surface area contributed by atoms with E-state index in [1.165, 1.54) is 12.1 Å². The van der Waals surface area contributed by atoms with Gasteiger partial charge in [0.1, 0.15) is 0 Å². The predicted octanol–water partition coefficient (Wildman–Crippen LogP) is 2.56. The number of carbonyl (C=O) groups excluding carboxylic acids is 1. The molecule has 1 unspecified atom stereocenters. The molecule has 1 aromatic rings. The van der Waals surface area contributed by atoms with E-state index in [9.17, 15) is 27.9 Å². The minimum absolute atomic E-state index is 0.172. The zero-order chi connectivity index (χ0) is 17.7. The molecule has 0 spiro atoms. The maximum atomic E-state index is 12.9. The first-order valence-electron chi connectivity index (χ1n) is 7.55. The number of carbonyl (C=O) groups is 2. The van der Waals surface area contributed by atoms with E-state index in [0.29, 0.717) is 26.1 Å². The van der Waals surface area contributed by atoms with E-state index in [0.717, 1.165) is 12.1 Å². The van der Waals surface area contributed by atoms with Gasteiger partial charge in [-0.1, -0.05) is 12.1 Å². The molecule has 0 saturated carbocycles. The van der Waals surface area contributed by atoms with Gasteiger partial charge in [-0.05, 0) is 30.9 Å². The van der Waals surface area contributed by atoms with Crippen LogP contribution >= 0.6 is 0 Å². The molecule has 1 aliphatic rings. The second kappa shape index (κ2) is 7.65. The van der Waals surface area contributed by atoms with E-state index in [1.54, 1.807) is 0 Å². The smallest absolute Gasteiger partial charge is 0.417 e. The van der Waals surface area contributed by atoms with E-state index < -0.39 is 35.1 Å². The normalized spacial score (nSPS) is 17.3. The molecule has 1 aliphatic heterocycles. The van der Waals surface area contributed by atoms with Crippen LogP contribution in [0.25, 0.3) is 0 Å². The summed E-state index contributed by atoms with van der Waals surface area (Å²) in [6.07, 6.45) is -3.56. The summed E-state index contributed by atoms with van der Waals surface area (Å²) in [5, 5.41) is 11.7. The van der Waals surface area contributed by atoms with Crippen molar-refractivity contribution in [2.24, 2.45) is 11.8 Å². The highest BCUT2D eigenvalue weighted by molar-refractivity contribution is 5.96. The highest BCUT2D eigenvalue weighted by Crippen LogP contribution is 2.32. The van der Waals surface area contributed by atoms with Crippen molar-refractivity contribution >= 4 is 11.9 Å². The molecule has 0 bridgehead atoms. The van der Waals surface area contributed by atoms with Crippen molar-refractivity contribution in [1.82, 2.24) is 5.32 Å². The highest BCUT2D eigenvalue weighted by Gasteiger charge is 2.35. The van der Waals surface area contributed by atoms with E-state index in [4.69, 9.17) is 4.74 Å². The Bertz CT molecular complexity index is 597. The molecule has 0 radical (unpaired) electrons. The number of hydrogen-bond donors (Lipinski definition) is 2. The zero-order valence-electron chi connectivity index (χ0n) is 12.8.